The molecule has 1 amide bonds. The molecular formula is C59H114N2O6P+. The highest BCUT2D eigenvalue weighted by molar-refractivity contribution is 7.47. The van der Waals surface area contributed by atoms with Crippen molar-refractivity contribution in [3.63, 3.8) is 0 Å². The van der Waals surface area contributed by atoms with Crippen molar-refractivity contribution in [2.24, 2.45) is 0 Å². The fourth-order valence-electron chi connectivity index (χ4n) is 8.46. The van der Waals surface area contributed by atoms with Crippen LogP contribution in [0.25, 0.3) is 0 Å². The number of hydrogen-bond acceptors (Lipinski definition) is 5. The van der Waals surface area contributed by atoms with E-state index in [-0.39, 0.29) is 19.1 Å². The summed E-state index contributed by atoms with van der Waals surface area (Å²) < 4.78 is 23.7. The van der Waals surface area contributed by atoms with Gasteiger partial charge in [0.05, 0.1) is 39.9 Å². The van der Waals surface area contributed by atoms with Gasteiger partial charge in [-0.3, -0.25) is 13.8 Å². The van der Waals surface area contributed by atoms with Crippen molar-refractivity contribution in [3.05, 3.63) is 48.6 Å². The smallest absolute Gasteiger partial charge is 0.387 e. The highest BCUT2D eigenvalue weighted by atomic mass is 31.2. The number of nitrogens with zero attached hydrogens (tertiary/aromatic N) is 1. The number of nitrogens with one attached hydrogen (secondary N) is 1. The standard InChI is InChI=1S/C59H113N2O6P/c1-6-8-10-12-14-16-18-20-21-22-23-24-25-26-27-28-29-30-31-32-33-34-35-36-37-38-39-41-43-45-47-49-51-53-59(63)60-57(56-67-68(64,65)66-55-54-61(3,4)5)58(62)52-50-48-46-44-42-40-19-17-15-13-11-9-7-2/h18,20,22-23,25-26,50,52,57-58,62H,6-17,19,21,24,27-49,51,53-56H2,1-5H3,(H-,60,63,64,65)/p+1/b20-18-,23-22-,26-25-,52-50+. The second-order valence-electron chi connectivity index (χ2n) is 21.0. The largest absolute Gasteiger partial charge is 0.472 e. The fourth-order valence-corrected chi connectivity index (χ4v) is 9.20. The summed E-state index contributed by atoms with van der Waals surface area (Å²) in [6.07, 6.45) is 66.5. The lowest BCUT2D eigenvalue weighted by molar-refractivity contribution is -0.870. The molecule has 3 unspecified atom stereocenters. The third-order valence-electron chi connectivity index (χ3n) is 13.0. The van der Waals surface area contributed by atoms with Crippen molar-refractivity contribution >= 4 is 13.7 Å². The van der Waals surface area contributed by atoms with E-state index < -0.39 is 20.0 Å². The van der Waals surface area contributed by atoms with E-state index in [1.165, 1.54) is 199 Å². The molecule has 0 fully saturated rings. The van der Waals surface area contributed by atoms with Gasteiger partial charge in [-0.25, -0.2) is 4.57 Å². The van der Waals surface area contributed by atoms with Gasteiger partial charge in [0, 0.05) is 6.42 Å². The van der Waals surface area contributed by atoms with Crippen LogP contribution in [0.4, 0.5) is 0 Å². The Bertz CT molecular complexity index is 1250. The first kappa shape index (κ1) is 66.5. The Hall–Kier alpha value is -1.54. The molecule has 0 bridgehead atoms. The topological polar surface area (TPSA) is 105 Å². The number of carbonyl (C=O) groups excluding carboxylic acids is 1. The molecule has 0 aromatic heterocycles. The van der Waals surface area contributed by atoms with E-state index in [1.807, 2.05) is 27.2 Å². The number of quaternary nitrogens is 1. The molecule has 0 radical (unpaired) electrons. The maximum absolute atomic E-state index is 13.0. The zero-order valence-corrected chi connectivity index (χ0v) is 46.5. The monoisotopic (exact) mass is 978 g/mol. The number of unbranched alkanes of at least 4 members (excludes halogenated alkanes) is 34. The third kappa shape index (κ3) is 52.3. The minimum atomic E-state index is -4.34. The van der Waals surface area contributed by atoms with Crippen molar-refractivity contribution in [1.82, 2.24) is 5.32 Å². The second kappa shape index (κ2) is 50.4. The Kier molecular flexibility index (Phi) is 49.3. The van der Waals surface area contributed by atoms with E-state index in [4.69, 9.17) is 9.05 Å². The van der Waals surface area contributed by atoms with Crippen LogP contribution in [0.1, 0.15) is 271 Å². The normalized spacial score (nSPS) is 14.3. The van der Waals surface area contributed by atoms with Gasteiger partial charge < -0.3 is 19.8 Å². The second-order valence-corrected chi connectivity index (χ2v) is 22.5. The first-order valence-electron chi connectivity index (χ1n) is 29.0. The van der Waals surface area contributed by atoms with Gasteiger partial charge in [0.15, 0.2) is 0 Å². The molecule has 9 heteroatoms. The Balaban J connectivity index is 4.02. The van der Waals surface area contributed by atoms with Gasteiger partial charge in [-0.05, 0) is 57.8 Å². The molecule has 3 N–H and O–H groups in total. The lowest BCUT2D eigenvalue weighted by Crippen LogP contribution is -2.45. The van der Waals surface area contributed by atoms with Gasteiger partial charge in [0.25, 0.3) is 0 Å². The van der Waals surface area contributed by atoms with Gasteiger partial charge in [-0.15, -0.1) is 0 Å². The van der Waals surface area contributed by atoms with Crippen LogP contribution in [0.2, 0.25) is 0 Å². The SMILES string of the molecule is CCCCCCC/C=C\C/C=C\C/C=C\CCCCCCCCCCCCCCCCCCCCC(=O)NC(COP(=O)(O)OCC[N+](C)(C)C)C(O)/C=C/CCCCCCCCCCCCC. The molecule has 0 saturated heterocycles. The molecule has 0 heterocycles. The molecule has 8 nitrogen and oxygen atoms in total. The summed E-state index contributed by atoms with van der Waals surface area (Å²) in [6.45, 7) is 4.82. The predicted molar refractivity (Wildman–Crippen MR) is 295 cm³/mol. The Labute approximate surface area is 422 Å². The van der Waals surface area contributed by atoms with Crippen molar-refractivity contribution in [2.45, 2.75) is 283 Å². The molecule has 0 saturated carbocycles. The number of carbonyl (C=O) groups is 1. The van der Waals surface area contributed by atoms with Gasteiger partial charge >= 0.3 is 7.82 Å². The number of likely N-dealkylation sites (N-methyl/N-ethyl adjacent to an activating group) is 1. The number of rotatable bonds is 53. The average Bonchev–Trinajstić information content (AvgIpc) is 3.30. The van der Waals surface area contributed by atoms with Crippen molar-refractivity contribution in [2.75, 3.05) is 40.9 Å². The van der Waals surface area contributed by atoms with E-state index in [2.05, 4.69) is 55.6 Å². The number of aliphatic hydroxyl groups excluding tert-OH is 1. The molecular weight excluding hydrogens is 864 g/mol. The van der Waals surface area contributed by atoms with Crippen LogP contribution in [-0.4, -0.2) is 73.4 Å². The summed E-state index contributed by atoms with van der Waals surface area (Å²) in [5.41, 5.74) is 0. The van der Waals surface area contributed by atoms with Gasteiger partial charge in [0.1, 0.15) is 13.2 Å². The zero-order valence-electron chi connectivity index (χ0n) is 45.6. The third-order valence-corrected chi connectivity index (χ3v) is 14.0. The van der Waals surface area contributed by atoms with Gasteiger partial charge in [0.2, 0.25) is 5.91 Å². The molecule has 0 spiro atoms. The van der Waals surface area contributed by atoms with Crippen molar-refractivity contribution < 1.29 is 32.9 Å². The fraction of sp³-hybridized carbons (Fsp3) is 0.847. The molecule has 3 atom stereocenters. The first-order chi connectivity index (χ1) is 33.0. The van der Waals surface area contributed by atoms with E-state index in [9.17, 15) is 19.4 Å². The summed E-state index contributed by atoms with van der Waals surface area (Å²) in [5, 5.41) is 13.9. The van der Waals surface area contributed by atoms with Crippen LogP contribution in [0.3, 0.4) is 0 Å². The number of allylic oxidation sites excluding steroid dienone is 7. The lowest BCUT2D eigenvalue weighted by atomic mass is 10.0. The molecule has 0 aromatic rings. The van der Waals surface area contributed by atoms with Crippen molar-refractivity contribution in [3.8, 4) is 0 Å². The molecule has 68 heavy (non-hydrogen) atoms. The summed E-state index contributed by atoms with van der Waals surface area (Å²) in [6, 6.07) is -0.845. The summed E-state index contributed by atoms with van der Waals surface area (Å²) >= 11 is 0. The summed E-state index contributed by atoms with van der Waals surface area (Å²) in [4.78, 5) is 23.2. The van der Waals surface area contributed by atoms with Crippen LogP contribution in [0.5, 0.6) is 0 Å². The molecule has 0 aliphatic rings. The Morgan fingerprint density at radius 2 is 0.838 bits per heavy atom. The molecule has 400 valence electrons. The van der Waals surface area contributed by atoms with E-state index in [1.54, 1.807) is 6.08 Å². The number of aliphatic hydroxyl groups is 1. The summed E-state index contributed by atoms with van der Waals surface area (Å²) in [7, 11) is 1.58. The number of phosphoric ester groups is 1. The van der Waals surface area contributed by atoms with Crippen molar-refractivity contribution in [1.29, 1.82) is 0 Å². The first-order valence-corrected chi connectivity index (χ1v) is 30.5. The minimum Gasteiger partial charge on any atom is -0.387 e. The highest BCUT2D eigenvalue weighted by Gasteiger charge is 2.27. The quantitative estimate of drug-likeness (QED) is 0.0243. The Morgan fingerprint density at radius 1 is 0.500 bits per heavy atom. The molecule has 0 aromatic carbocycles. The van der Waals surface area contributed by atoms with Crippen LogP contribution >= 0.6 is 7.82 Å². The van der Waals surface area contributed by atoms with Crippen LogP contribution in [0, 0.1) is 0 Å². The molecule has 0 aliphatic carbocycles. The van der Waals surface area contributed by atoms with E-state index in [0.717, 1.165) is 51.4 Å². The Morgan fingerprint density at radius 3 is 1.22 bits per heavy atom. The maximum atomic E-state index is 13.0. The van der Waals surface area contributed by atoms with E-state index >= 15 is 0 Å². The molecule has 0 rings (SSSR count). The number of phosphoric acid groups is 1. The van der Waals surface area contributed by atoms with Gasteiger partial charge in [-0.2, -0.15) is 0 Å². The zero-order chi connectivity index (χ0) is 49.9. The predicted octanol–water partition coefficient (Wildman–Crippen LogP) is 17.5. The van der Waals surface area contributed by atoms with E-state index in [0.29, 0.717) is 17.4 Å². The summed E-state index contributed by atoms with van der Waals surface area (Å²) in [5.74, 6) is -0.175. The van der Waals surface area contributed by atoms with Crippen LogP contribution in [-0.2, 0) is 18.4 Å². The number of hydrogen-bond donors (Lipinski definition) is 3. The average molecular weight is 979 g/mol. The van der Waals surface area contributed by atoms with Crippen LogP contribution < -0.4 is 5.32 Å². The lowest BCUT2D eigenvalue weighted by Gasteiger charge is -2.25. The number of amides is 1. The van der Waals surface area contributed by atoms with Gasteiger partial charge in [-0.1, -0.05) is 255 Å². The minimum absolute atomic E-state index is 0.0620. The molecule has 0 aliphatic heterocycles. The highest BCUT2D eigenvalue weighted by Crippen LogP contribution is 2.43. The van der Waals surface area contributed by atoms with Crippen LogP contribution in [0.15, 0.2) is 48.6 Å². The maximum Gasteiger partial charge on any atom is 0.472 e.